The number of likely N-dealkylation sites (N-methyl/N-ethyl adjacent to an activating group) is 1. The molecule has 3 rings (SSSR count). The third kappa shape index (κ3) is 1.67. The first kappa shape index (κ1) is 9.73. The summed E-state index contributed by atoms with van der Waals surface area (Å²) < 4.78 is 0. The molecule has 1 aliphatic heterocycles. The lowest BCUT2D eigenvalue weighted by Crippen LogP contribution is -2.44. The average molecular weight is 215 g/mol. The van der Waals surface area contributed by atoms with Crippen LogP contribution < -0.4 is 4.90 Å². The summed E-state index contributed by atoms with van der Waals surface area (Å²) in [5, 5.41) is 1.29. The summed E-state index contributed by atoms with van der Waals surface area (Å²) in [6.07, 6.45) is 2.00. The van der Waals surface area contributed by atoms with Gasteiger partial charge in [-0.1, -0.05) is 6.07 Å². The van der Waals surface area contributed by atoms with E-state index in [-0.39, 0.29) is 0 Å². The number of benzene rings is 1. The minimum atomic E-state index is 1.13. The quantitative estimate of drug-likeness (QED) is 0.785. The molecule has 0 unspecified atom stereocenters. The van der Waals surface area contributed by atoms with Gasteiger partial charge in [0.15, 0.2) is 0 Å². The topological polar surface area (TPSA) is 22.3 Å². The lowest BCUT2D eigenvalue weighted by atomic mass is 10.2. The van der Waals surface area contributed by atoms with Gasteiger partial charge in [0.25, 0.3) is 0 Å². The number of hydrogen-bond acceptors (Lipinski definition) is 2. The number of anilines is 1. The van der Waals surface area contributed by atoms with E-state index in [2.05, 4.69) is 46.1 Å². The van der Waals surface area contributed by atoms with Crippen molar-refractivity contribution in [2.75, 3.05) is 38.1 Å². The van der Waals surface area contributed by atoms with Crippen LogP contribution in [-0.2, 0) is 0 Å². The average Bonchev–Trinajstić information content (AvgIpc) is 2.77. The molecular formula is C13H17N3. The second-order valence-electron chi connectivity index (χ2n) is 4.54. The zero-order chi connectivity index (χ0) is 11.0. The third-order valence-electron chi connectivity index (χ3n) is 3.41. The van der Waals surface area contributed by atoms with E-state index in [1.807, 2.05) is 6.20 Å². The van der Waals surface area contributed by atoms with Crippen LogP contribution in [0.5, 0.6) is 0 Å². The maximum Gasteiger partial charge on any atom is 0.0474 e. The first-order valence-electron chi connectivity index (χ1n) is 5.83. The van der Waals surface area contributed by atoms with Crippen LogP contribution in [0.1, 0.15) is 0 Å². The van der Waals surface area contributed by atoms with Gasteiger partial charge in [0.05, 0.1) is 0 Å². The summed E-state index contributed by atoms with van der Waals surface area (Å²) in [4.78, 5) is 8.11. The molecule has 1 aliphatic rings. The van der Waals surface area contributed by atoms with Crippen molar-refractivity contribution in [2.24, 2.45) is 0 Å². The molecule has 0 atom stereocenters. The number of rotatable bonds is 1. The molecule has 0 aliphatic carbocycles. The van der Waals surface area contributed by atoms with Crippen molar-refractivity contribution in [3.8, 4) is 0 Å². The molecule has 1 aromatic heterocycles. The molecule has 1 fully saturated rings. The fourth-order valence-electron chi connectivity index (χ4n) is 2.30. The summed E-state index contributed by atoms with van der Waals surface area (Å²) in [5.41, 5.74) is 2.57. The van der Waals surface area contributed by atoms with Gasteiger partial charge in [0.2, 0.25) is 0 Å². The molecule has 0 bridgehead atoms. The highest BCUT2D eigenvalue weighted by Crippen LogP contribution is 2.21. The number of hydrogen-bond donors (Lipinski definition) is 1. The largest absolute Gasteiger partial charge is 0.369 e. The molecule has 16 heavy (non-hydrogen) atoms. The van der Waals surface area contributed by atoms with E-state index in [0.29, 0.717) is 0 Å². The molecule has 0 spiro atoms. The van der Waals surface area contributed by atoms with E-state index in [0.717, 1.165) is 26.2 Å². The number of H-pyrrole nitrogens is 1. The summed E-state index contributed by atoms with van der Waals surface area (Å²) in [6, 6.07) is 8.78. The number of piperazine rings is 1. The Hall–Kier alpha value is -1.48. The second kappa shape index (κ2) is 3.83. The van der Waals surface area contributed by atoms with Crippen LogP contribution in [0.25, 0.3) is 10.9 Å². The Bertz CT molecular complexity index is 481. The molecule has 1 saturated heterocycles. The predicted octanol–water partition coefficient (Wildman–Crippen LogP) is 1.92. The third-order valence-corrected chi connectivity index (χ3v) is 3.41. The molecule has 2 heterocycles. The standard InChI is InChI=1S/C13H17N3/c1-15-6-8-16(9-7-15)12-3-2-11-4-5-14-13(11)10-12/h2-5,10,14H,6-9H2,1H3. The van der Waals surface area contributed by atoms with Gasteiger partial charge >= 0.3 is 0 Å². The van der Waals surface area contributed by atoms with Crippen molar-refractivity contribution in [3.63, 3.8) is 0 Å². The highest BCUT2D eigenvalue weighted by molar-refractivity contribution is 5.83. The SMILES string of the molecule is CN1CCN(c2ccc3cc[nH]c3c2)CC1. The van der Waals surface area contributed by atoms with Crippen LogP contribution in [-0.4, -0.2) is 43.1 Å². The molecule has 1 aromatic carbocycles. The molecule has 1 N–H and O–H groups in total. The zero-order valence-corrected chi connectivity index (χ0v) is 9.61. The van der Waals surface area contributed by atoms with Crippen LogP contribution in [0.15, 0.2) is 30.5 Å². The first-order valence-corrected chi connectivity index (χ1v) is 5.83. The van der Waals surface area contributed by atoms with Crippen molar-refractivity contribution >= 4 is 16.6 Å². The maximum atomic E-state index is 3.27. The van der Waals surface area contributed by atoms with Gasteiger partial charge in [0.1, 0.15) is 0 Å². The van der Waals surface area contributed by atoms with Crippen LogP contribution in [0, 0.1) is 0 Å². The van der Waals surface area contributed by atoms with Gasteiger partial charge in [-0.25, -0.2) is 0 Å². The number of aromatic nitrogens is 1. The van der Waals surface area contributed by atoms with E-state index in [1.165, 1.54) is 16.6 Å². The molecule has 84 valence electrons. The maximum absolute atomic E-state index is 3.27. The number of nitrogens with one attached hydrogen (secondary N) is 1. The highest BCUT2D eigenvalue weighted by atomic mass is 15.2. The van der Waals surface area contributed by atoms with Crippen molar-refractivity contribution in [2.45, 2.75) is 0 Å². The van der Waals surface area contributed by atoms with Gasteiger partial charge in [-0.2, -0.15) is 0 Å². The summed E-state index contributed by atoms with van der Waals surface area (Å²) >= 11 is 0. The second-order valence-corrected chi connectivity index (χ2v) is 4.54. The van der Waals surface area contributed by atoms with E-state index in [1.54, 1.807) is 0 Å². The monoisotopic (exact) mass is 215 g/mol. The van der Waals surface area contributed by atoms with Crippen molar-refractivity contribution in [1.82, 2.24) is 9.88 Å². The lowest BCUT2D eigenvalue weighted by molar-refractivity contribution is 0.313. The molecule has 0 saturated carbocycles. The van der Waals surface area contributed by atoms with Crippen molar-refractivity contribution in [1.29, 1.82) is 0 Å². The Balaban J connectivity index is 1.87. The van der Waals surface area contributed by atoms with E-state index in [4.69, 9.17) is 0 Å². The predicted molar refractivity (Wildman–Crippen MR) is 68.0 cm³/mol. The minimum absolute atomic E-state index is 1.13. The number of nitrogens with zero attached hydrogens (tertiary/aromatic N) is 2. The lowest BCUT2D eigenvalue weighted by Gasteiger charge is -2.34. The first-order chi connectivity index (χ1) is 7.83. The summed E-state index contributed by atoms with van der Waals surface area (Å²) in [7, 11) is 2.19. The fourth-order valence-corrected chi connectivity index (χ4v) is 2.30. The summed E-state index contributed by atoms with van der Waals surface area (Å²) in [6.45, 7) is 4.57. The van der Waals surface area contributed by atoms with Crippen LogP contribution in [0.4, 0.5) is 5.69 Å². The summed E-state index contributed by atoms with van der Waals surface area (Å²) in [5.74, 6) is 0. The normalized spacial score (nSPS) is 18.2. The van der Waals surface area contributed by atoms with Crippen LogP contribution in [0.3, 0.4) is 0 Å². The van der Waals surface area contributed by atoms with Gasteiger partial charge in [0, 0.05) is 43.6 Å². The zero-order valence-electron chi connectivity index (χ0n) is 9.61. The van der Waals surface area contributed by atoms with Gasteiger partial charge < -0.3 is 14.8 Å². The Kier molecular flexibility index (Phi) is 2.33. The molecule has 0 radical (unpaired) electrons. The minimum Gasteiger partial charge on any atom is -0.369 e. The number of fused-ring (bicyclic) bond motifs is 1. The van der Waals surface area contributed by atoms with Gasteiger partial charge in [-0.3, -0.25) is 0 Å². The molecule has 0 amide bonds. The Labute approximate surface area is 95.7 Å². The van der Waals surface area contributed by atoms with E-state index < -0.39 is 0 Å². The van der Waals surface area contributed by atoms with Crippen LogP contribution >= 0.6 is 0 Å². The Morgan fingerprint density at radius 2 is 1.88 bits per heavy atom. The molecule has 3 nitrogen and oxygen atoms in total. The number of aromatic amines is 1. The van der Waals surface area contributed by atoms with Crippen molar-refractivity contribution in [3.05, 3.63) is 30.5 Å². The van der Waals surface area contributed by atoms with E-state index in [9.17, 15) is 0 Å². The van der Waals surface area contributed by atoms with Crippen molar-refractivity contribution < 1.29 is 0 Å². The Morgan fingerprint density at radius 1 is 1.06 bits per heavy atom. The molecule has 2 aromatic rings. The Morgan fingerprint density at radius 3 is 2.69 bits per heavy atom. The van der Waals surface area contributed by atoms with E-state index >= 15 is 0 Å². The fraction of sp³-hybridized carbons (Fsp3) is 0.385. The molecular weight excluding hydrogens is 198 g/mol. The smallest absolute Gasteiger partial charge is 0.0474 e. The van der Waals surface area contributed by atoms with Gasteiger partial charge in [-0.05, 0) is 30.6 Å². The highest BCUT2D eigenvalue weighted by Gasteiger charge is 2.14. The molecule has 3 heteroatoms. The van der Waals surface area contributed by atoms with Crippen LogP contribution in [0.2, 0.25) is 0 Å². The van der Waals surface area contributed by atoms with Gasteiger partial charge in [-0.15, -0.1) is 0 Å².